The van der Waals surface area contributed by atoms with Crippen LogP contribution < -0.4 is 4.74 Å². The van der Waals surface area contributed by atoms with E-state index in [4.69, 9.17) is 9.47 Å². The van der Waals surface area contributed by atoms with Gasteiger partial charge in [-0.15, -0.1) is 0 Å². The molecular formula is C18H23NO5S. The Morgan fingerprint density at radius 1 is 1.32 bits per heavy atom. The molecular weight excluding hydrogens is 342 g/mol. The number of benzene rings is 1. The summed E-state index contributed by atoms with van der Waals surface area (Å²) in [6.45, 7) is 4.55. The molecule has 1 aliphatic rings. The fourth-order valence-electron chi connectivity index (χ4n) is 3.48. The van der Waals surface area contributed by atoms with Crippen molar-refractivity contribution in [3.05, 3.63) is 23.9 Å². The molecule has 3 rings (SSSR count). The summed E-state index contributed by atoms with van der Waals surface area (Å²) in [7, 11) is -2.03. The predicted octanol–water partition coefficient (Wildman–Crippen LogP) is 2.88. The van der Waals surface area contributed by atoms with Crippen LogP contribution in [0.3, 0.4) is 0 Å². The fourth-order valence-corrected chi connectivity index (χ4v) is 4.37. The molecule has 25 heavy (non-hydrogen) atoms. The van der Waals surface area contributed by atoms with Crippen LogP contribution >= 0.6 is 0 Å². The first-order valence-electron chi connectivity index (χ1n) is 8.31. The van der Waals surface area contributed by atoms with Gasteiger partial charge in [0.05, 0.1) is 30.0 Å². The molecule has 0 saturated heterocycles. The number of aryl methyl sites for hydroxylation is 1. The molecule has 0 N–H and O–H groups in total. The van der Waals surface area contributed by atoms with Crippen molar-refractivity contribution in [3.63, 3.8) is 0 Å². The predicted molar refractivity (Wildman–Crippen MR) is 94.8 cm³/mol. The number of fused-ring (bicyclic) bond motifs is 3. The van der Waals surface area contributed by atoms with Crippen molar-refractivity contribution >= 4 is 26.7 Å². The lowest BCUT2D eigenvalue weighted by Crippen LogP contribution is -2.07. The van der Waals surface area contributed by atoms with Crippen molar-refractivity contribution in [2.24, 2.45) is 0 Å². The van der Waals surface area contributed by atoms with Crippen molar-refractivity contribution in [1.29, 1.82) is 0 Å². The van der Waals surface area contributed by atoms with E-state index in [1.165, 1.54) is 13.4 Å². The molecule has 2 heterocycles. The maximum atomic E-state index is 12.3. The second kappa shape index (κ2) is 6.37. The van der Waals surface area contributed by atoms with Crippen LogP contribution in [0.5, 0.6) is 5.75 Å². The Bertz CT molecular complexity index is 927. The van der Waals surface area contributed by atoms with E-state index in [2.05, 4.69) is 4.57 Å². The van der Waals surface area contributed by atoms with Crippen LogP contribution in [0.25, 0.3) is 10.9 Å². The van der Waals surface area contributed by atoms with Gasteiger partial charge in [-0.05, 0) is 32.4 Å². The van der Waals surface area contributed by atoms with Gasteiger partial charge in [0, 0.05) is 35.9 Å². The first kappa shape index (κ1) is 17.8. The summed E-state index contributed by atoms with van der Waals surface area (Å²) in [4.78, 5) is 11.9. The Labute approximate surface area is 147 Å². The van der Waals surface area contributed by atoms with Gasteiger partial charge in [0.15, 0.2) is 9.84 Å². The van der Waals surface area contributed by atoms with Gasteiger partial charge in [-0.1, -0.05) is 0 Å². The molecule has 2 aromatic rings. The highest BCUT2D eigenvalue weighted by atomic mass is 32.2. The van der Waals surface area contributed by atoms with Crippen molar-refractivity contribution < 1.29 is 22.7 Å². The second-order valence-corrected chi connectivity index (χ2v) is 8.76. The Hall–Kier alpha value is -2.02. The molecule has 0 fully saturated rings. The summed E-state index contributed by atoms with van der Waals surface area (Å²) in [6, 6.07) is 5.36. The minimum Gasteiger partial charge on any atom is -0.491 e. The third-order valence-electron chi connectivity index (χ3n) is 4.52. The topological polar surface area (TPSA) is 74.6 Å². The number of methoxy groups -OCH3 is 1. The standard InChI is InChI=1S/C18H23NO5S/c1-11(2)24-13-8-16-14(17(9-13)25(4,21)22)10-15-12(5-6-19(15)16)7-18(20)23-3/h8-12H,5-7H2,1-4H3. The highest BCUT2D eigenvalue weighted by Gasteiger charge is 2.29. The van der Waals surface area contributed by atoms with Gasteiger partial charge in [-0.2, -0.15) is 0 Å². The quantitative estimate of drug-likeness (QED) is 0.762. The number of rotatable bonds is 5. The van der Waals surface area contributed by atoms with E-state index in [0.717, 1.165) is 24.2 Å². The molecule has 1 aliphatic heterocycles. The molecule has 7 heteroatoms. The number of esters is 1. The molecule has 6 nitrogen and oxygen atoms in total. The number of sulfone groups is 1. The summed E-state index contributed by atoms with van der Waals surface area (Å²) in [5, 5.41) is 0.683. The van der Waals surface area contributed by atoms with Crippen LogP contribution in [0.4, 0.5) is 0 Å². The van der Waals surface area contributed by atoms with Gasteiger partial charge < -0.3 is 14.0 Å². The van der Waals surface area contributed by atoms with Gasteiger partial charge in [-0.3, -0.25) is 4.79 Å². The van der Waals surface area contributed by atoms with Crippen molar-refractivity contribution in [2.45, 2.75) is 50.2 Å². The van der Waals surface area contributed by atoms with E-state index < -0.39 is 9.84 Å². The maximum absolute atomic E-state index is 12.3. The molecule has 1 unspecified atom stereocenters. The van der Waals surface area contributed by atoms with Crippen LogP contribution in [-0.2, 0) is 25.9 Å². The van der Waals surface area contributed by atoms with Gasteiger partial charge in [0.2, 0.25) is 0 Å². The summed E-state index contributed by atoms with van der Waals surface area (Å²) in [6.07, 6.45) is 2.29. The minimum atomic E-state index is -3.41. The van der Waals surface area contributed by atoms with Crippen molar-refractivity contribution in [1.82, 2.24) is 4.57 Å². The van der Waals surface area contributed by atoms with Gasteiger partial charge in [-0.25, -0.2) is 8.42 Å². The number of carbonyl (C=O) groups is 1. The van der Waals surface area contributed by atoms with Crippen LogP contribution in [0, 0.1) is 0 Å². The molecule has 0 spiro atoms. The molecule has 0 radical (unpaired) electrons. The molecule has 1 aromatic heterocycles. The van der Waals surface area contributed by atoms with Crippen LogP contribution in [0.15, 0.2) is 23.1 Å². The SMILES string of the molecule is COC(=O)CC1CCn2c1cc1c(S(C)(=O)=O)cc(OC(C)C)cc12. The maximum Gasteiger partial charge on any atom is 0.306 e. The first-order chi connectivity index (χ1) is 11.7. The van der Waals surface area contributed by atoms with E-state index in [-0.39, 0.29) is 22.9 Å². The summed E-state index contributed by atoms with van der Waals surface area (Å²) in [5.74, 6) is 0.331. The van der Waals surface area contributed by atoms with Crippen molar-refractivity contribution in [2.75, 3.05) is 13.4 Å². The Balaban J connectivity index is 2.16. The second-order valence-electron chi connectivity index (χ2n) is 6.78. The minimum absolute atomic E-state index is 0.0433. The molecule has 0 saturated carbocycles. The van der Waals surface area contributed by atoms with Crippen LogP contribution in [0.1, 0.15) is 38.3 Å². The number of nitrogens with zero attached hydrogens (tertiary/aromatic N) is 1. The third kappa shape index (κ3) is 3.38. The largest absolute Gasteiger partial charge is 0.491 e. The van der Waals surface area contributed by atoms with Gasteiger partial charge >= 0.3 is 5.97 Å². The van der Waals surface area contributed by atoms with E-state index in [9.17, 15) is 13.2 Å². The zero-order chi connectivity index (χ0) is 18.4. The van der Waals surface area contributed by atoms with E-state index >= 15 is 0 Å². The lowest BCUT2D eigenvalue weighted by atomic mass is 10.0. The number of ether oxygens (including phenoxy) is 2. The molecule has 0 aliphatic carbocycles. The van der Waals surface area contributed by atoms with E-state index in [1.54, 1.807) is 6.07 Å². The lowest BCUT2D eigenvalue weighted by Gasteiger charge is -2.12. The Morgan fingerprint density at radius 3 is 2.64 bits per heavy atom. The summed E-state index contributed by atoms with van der Waals surface area (Å²) >= 11 is 0. The monoisotopic (exact) mass is 365 g/mol. The Kier molecular flexibility index (Phi) is 4.53. The van der Waals surface area contributed by atoms with Crippen LogP contribution in [0.2, 0.25) is 0 Å². The van der Waals surface area contributed by atoms with E-state index in [1.807, 2.05) is 26.0 Å². The average Bonchev–Trinajstić information content (AvgIpc) is 3.05. The molecule has 0 amide bonds. The number of aromatic nitrogens is 1. The summed E-state index contributed by atoms with van der Waals surface area (Å²) < 4.78 is 37.2. The van der Waals surface area contributed by atoms with Crippen molar-refractivity contribution in [3.8, 4) is 5.75 Å². The highest BCUT2D eigenvalue weighted by molar-refractivity contribution is 7.91. The smallest absolute Gasteiger partial charge is 0.306 e. The Morgan fingerprint density at radius 2 is 2.04 bits per heavy atom. The lowest BCUT2D eigenvalue weighted by molar-refractivity contribution is -0.141. The molecule has 136 valence electrons. The van der Waals surface area contributed by atoms with Gasteiger partial charge in [0.25, 0.3) is 0 Å². The number of carbonyl (C=O) groups excluding carboxylic acids is 1. The third-order valence-corrected chi connectivity index (χ3v) is 5.66. The number of hydrogen-bond donors (Lipinski definition) is 0. The normalized spacial score (nSPS) is 17.1. The molecule has 0 bridgehead atoms. The zero-order valence-electron chi connectivity index (χ0n) is 14.9. The summed E-state index contributed by atoms with van der Waals surface area (Å²) in [5.41, 5.74) is 1.81. The van der Waals surface area contributed by atoms with E-state index in [0.29, 0.717) is 17.6 Å². The first-order valence-corrected chi connectivity index (χ1v) is 10.2. The average molecular weight is 365 g/mol. The fraction of sp³-hybridized carbons (Fsp3) is 0.500. The number of hydrogen-bond acceptors (Lipinski definition) is 5. The van der Waals surface area contributed by atoms with Crippen LogP contribution in [-0.4, -0.2) is 38.4 Å². The molecule has 1 aromatic carbocycles. The van der Waals surface area contributed by atoms with Gasteiger partial charge in [0.1, 0.15) is 5.75 Å². The molecule has 1 atom stereocenters. The highest BCUT2D eigenvalue weighted by Crippen LogP contribution is 2.40. The zero-order valence-corrected chi connectivity index (χ0v) is 15.7.